The van der Waals surface area contributed by atoms with Gasteiger partial charge in [0.1, 0.15) is 0 Å². The summed E-state index contributed by atoms with van der Waals surface area (Å²) >= 11 is 1.29. The molecule has 1 amide bonds. The largest absolute Gasteiger partial charge is 0.476 e. The first-order valence-corrected chi connectivity index (χ1v) is 6.85. The van der Waals surface area contributed by atoms with E-state index in [1.165, 1.54) is 16.7 Å². The molecule has 1 aromatic heterocycles. The van der Waals surface area contributed by atoms with Gasteiger partial charge in [0.2, 0.25) is 5.91 Å². The normalized spacial score (nSPS) is 11.3. The Kier molecular flexibility index (Phi) is 5.44. The van der Waals surface area contributed by atoms with Crippen LogP contribution in [0.4, 0.5) is 0 Å². The third-order valence-corrected chi connectivity index (χ3v) is 3.12. The van der Waals surface area contributed by atoms with Crippen molar-refractivity contribution in [1.82, 2.24) is 15.6 Å². The molecular weight excluding hydrogens is 266 g/mol. The van der Waals surface area contributed by atoms with Crippen LogP contribution < -0.4 is 10.6 Å². The zero-order valence-electron chi connectivity index (χ0n) is 11.3. The van der Waals surface area contributed by atoms with Crippen molar-refractivity contribution in [3.63, 3.8) is 0 Å². The number of thiazole rings is 1. The fourth-order valence-corrected chi connectivity index (χ4v) is 2.01. The molecule has 0 unspecified atom stereocenters. The van der Waals surface area contributed by atoms with Crippen LogP contribution in [0.3, 0.4) is 0 Å². The number of carboxylic acid groups (broad SMARTS) is 1. The molecule has 0 aliphatic heterocycles. The number of carbonyl (C=O) groups excluding carboxylic acids is 1. The van der Waals surface area contributed by atoms with E-state index in [2.05, 4.69) is 15.6 Å². The third kappa shape index (κ3) is 6.30. The summed E-state index contributed by atoms with van der Waals surface area (Å²) in [7, 11) is 0. The molecule has 0 bridgehead atoms. The van der Waals surface area contributed by atoms with Gasteiger partial charge in [-0.25, -0.2) is 9.78 Å². The average Bonchev–Trinajstić information content (AvgIpc) is 2.74. The van der Waals surface area contributed by atoms with Crippen molar-refractivity contribution >= 4 is 23.2 Å². The number of carboxylic acids is 1. The van der Waals surface area contributed by atoms with Crippen LogP contribution in [-0.4, -0.2) is 40.6 Å². The molecule has 106 valence electrons. The zero-order chi connectivity index (χ0) is 14.5. The van der Waals surface area contributed by atoms with Gasteiger partial charge in [-0.3, -0.25) is 4.79 Å². The van der Waals surface area contributed by atoms with E-state index < -0.39 is 5.97 Å². The lowest BCUT2D eigenvalue weighted by molar-refractivity contribution is -0.120. The van der Waals surface area contributed by atoms with Crippen molar-refractivity contribution in [2.75, 3.05) is 13.1 Å². The molecule has 0 spiro atoms. The predicted octanol–water partition coefficient (Wildman–Crippen LogP) is 0.888. The van der Waals surface area contributed by atoms with Crippen molar-refractivity contribution in [3.8, 4) is 0 Å². The van der Waals surface area contributed by atoms with E-state index in [-0.39, 0.29) is 23.7 Å². The molecule has 3 N–H and O–H groups in total. The SMILES string of the molecule is CC(C)(C)NCC(=O)NCCc1nc(C(=O)O)cs1. The fourth-order valence-electron chi connectivity index (χ4n) is 1.24. The predicted molar refractivity (Wildman–Crippen MR) is 73.5 cm³/mol. The maximum absolute atomic E-state index is 11.5. The molecule has 0 atom stereocenters. The molecule has 1 rings (SSSR count). The second-order valence-electron chi connectivity index (χ2n) is 5.14. The second kappa shape index (κ2) is 6.63. The Hall–Kier alpha value is -1.47. The van der Waals surface area contributed by atoms with Crippen LogP contribution in [0.15, 0.2) is 5.38 Å². The highest BCUT2D eigenvalue weighted by Gasteiger charge is 2.11. The summed E-state index contributed by atoms with van der Waals surface area (Å²) in [4.78, 5) is 26.1. The van der Waals surface area contributed by atoms with Gasteiger partial charge in [-0.2, -0.15) is 0 Å². The van der Waals surface area contributed by atoms with Crippen LogP contribution in [0, 0.1) is 0 Å². The van der Waals surface area contributed by atoms with Gasteiger partial charge in [-0.15, -0.1) is 11.3 Å². The lowest BCUT2D eigenvalue weighted by Crippen LogP contribution is -2.43. The summed E-state index contributed by atoms with van der Waals surface area (Å²) in [6.07, 6.45) is 0.541. The van der Waals surface area contributed by atoms with Gasteiger partial charge in [0.25, 0.3) is 0 Å². The van der Waals surface area contributed by atoms with E-state index in [4.69, 9.17) is 5.11 Å². The van der Waals surface area contributed by atoms with E-state index in [1.54, 1.807) is 0 Å². The number of nitrogens with one attached hydrogen (secondary N) is 2. The number of aromatic carboxylic acids is 1. The lowest BCUT2D eigenvalue weighted by Gasteiger charge is -2.19. The Morgan fingerprint density at radius 2 is 2.11 bits per heavy atom. The van der Waals surface area contributed by atoms with Gasteiger partial charge in [-0.05, 0) is 20.8 Å². The van der Waals surface area contributed by atoms with E-state index in [1.807, 2.05) is 20.8 Å². The summed E-state index contributed by atoms with van der Waals surface area (Å²) < 4.78 is 0. The molecule has 1 heterocycles. The highest BCUT2D eigenvalue weighted by atomic mass is 32.1. The van der Waals surface area contributed by atoms with Crippen molar-refractivity contribution in [1.29, 1.82) is 0 Å². The number of aromatic nitrogens is 1. The number of amides is 1. The van der Waals surface area contributed by atoms with Gasteiger partial charge >= 0.3 is 5.97 Å². The van der Waals surface area contributed by atoms with Crippen LogP contribution in [0.25, 0.3) is 0 Å². The Bertz CT molecular complexity index is 451. The molecule has 19 heavy (non-hydrogen) atoms. The first-order chi connectivity index (χ1) is 8.78. The van der Waals surface area contributed by atoms with Crippen molar-refractivity contribution in [3.05, 3.63) is 16.1 Å². The maximum atomic E-state index is 11.5. The molecule has 7 heteroatoms. The monoisotopic (exact) mass is 285 g/mol. The van der Waals surface area contributed by atoms with Gasteiger partial charge < -0.3 is 15.7 Å². The molecule has 0 aliphatic carbocycles. The minimum atomic E-state index is -1.03. The number of carbonyl (C=O) groups is 2. The molecule has 0 saturated heterocycles. The van der Waals surface area contributed by atoms with Crippen molar-refractivity contribution in [2.24, 2.45) is 0 Å². The number of hydrogen-bond donors (Lipinski definition) is 3. The minimum Gasteiger partial charge on any atom is -0.476 e. The van der Waals surface area contributed by atoms with E-state index in [0.29, 0.717) is 18.0 Å². The lowest BCUT2D eigenvalue weighted by atomic mass is 10.1. The van der Waals surface area contributed by atoms with E-state index in [0.717, 1.165) is 0 Å². The molecular formula is C12H19N3O3S. The van der Waals surface area contributed by atoms with Crippen LogP contribution in [0.1, 0.15) is 36.3 Å². The summed E-state index contributed by atoms with van der Waals surface area (Å²) in [5.41, 5.74) is -0.0380. The Balaban J connectivity index is 2.26. The van der Waals surface area contributed by atoms with Crippen LogP contribution in [-0.2, 0) is 11.2 Å². The zero-order valence-corrected chi connectivity index (χ0v) is 12.1. The number of hydrogen-bond acceptors (Lipinski definition) is 5. The standard InChI is InChI=1S/C12H19N3O3S/c1-12(2,3)14-6-9(16)13-5-4-10-15-8(7-19-10)11(17)18/h7,14H,4-6H2,1-3H3,(H,13,16)(H,17,18). The Morgan fingerprint density at radius 1 is 1.42 bits per heavy atom. The topological polar surface area (TPSA) is 91.3 Å². The van der Waals surface area contributed by atoms with Crippen LogP contribution >= 0.6 is 11.3 Å². The molecule has 0 saturated carbocycles. The van der Waals surface area contributed by atoms with Gasteiger partial charge in [0, 0.05) is 23.9 Å². The summed E-state index contributed by atoms with van der Waals surface area (Å²) in [6, 6.07) is 0. The van der Waals surface area contributed by atoms with Crippen LogP contribution in [0.2, 0.25) is 0 Å². The van der Waals surface area contributed by atoms with Crippen molar-refractivity contribution in [2.45, 2.75) is 32.7 Å². The summed E-state index contributed by atoms with van der Waals surface area (Å²) in [6.45, 7) is 6.69. The summed E-state index contributed by atoms with van der Waals surface area (Å²) in [5.74, 6) is -1.11. The Morgan fingerprint density at radius 3 is 2.63 bits per heavy atom. The second-order valence-corrected chi connectivity index (χ2v) is 6.08. The van der Waals surface area contributed by atoms with E-state index in [9.17, 15) is 9.59 Å². The van der Waals surface area contributed by atoms with Gasteiger partial charge in [0.05, 0.1) is 11.6 Å². The number of rotatable bonds is 6. The molecule has 0 aromatic carbocycles. The first-order valence-electron chi connectivity index (χ1n) is 5.97. The van der Waals surface area contributed by atoms with Crippen LogP contribution in [0.5, 0.6) is 0 Å². The molecule has 0 aliphatic rings. The minimum absolute atomic E-state index is 0.0562. The summed E-state index contributed by atoms with van der Waals surface area (Å²) in [5, 5.41) is 16.8. The fraction of sp³-hybridized carbons (Fsp3) is 0.583. The molecule has 0 fully saturated rings. The highest BCUT2D eigenvalue weighted by molar-refractivity contribution is 7.09. The smallest absolute Gasteiger partial charge is 0.355 e. The Labute approximate surface area is 116 Å². The third-order valence-electron chi connectivity index (χ3n) is 2.21. The van der Waals surface area contributed by atoms with E-state index >= 15 is 0 Å². The first kappa shape index (κ1) is 15.6. The quantitative estimate of drug-likeness (QED) is 0.722. The molecule has 0 radical (unpaired) electrons. The average molecular weight is 285 g/mol. The maximum Gasteiger partial charge on any atom is 0.355 e. The molecule has 6 nitrogen and oxygen atoms in total. The van der Waals surface area contributed by atoms with Crippen molar-refractivity contribution < 1.29 is 14.7 Å². The highest BCUT2D eigenvalue weighted by Crippen LogP contribution is 2.09. The van der Waals surface area contributed by atoms with Gasteiger partial charge in [-0.1, -0.05) is 0 Å². The molecule has 1 aromatic rings. The van der Waals surface area contributed by atoms with Gasteiger partial charge in [0.15, 0.2) is 5.69 Å². The number of nitrogens with zero attached hydrogens (tertiary/aromatic N) is 1.